The highest BCUT2D eigenvalue weighted by Gasteiger charge is 2.10. The van der Waals surface area contributed by atoms with E-state index in [9.17, 15) is 0 Å². The van der Waals surface area contributed by atoms with E-state index >= 15 is 0 Å². The highest BCUT2D eigenvalue weighted by molar-refractivity contribution is 5.46. The molecule has 2 rings (SSSR count). The number of nitrogen functional groups attached to an aromatic ring is 2. The topological polar surface area (TPSA) is 124 Å². The first-order chi connectivity index (χ1) is 6.16. The molecule has 0 bridgehead atoms. The van der Waals surface area contributed by atoms with Crippen molar-refractivity contribution in [3.05, 3.63) is 0 Å². The van der Waals surface area contributed by atoms with Gasteiger partial charge in [-0.05, 0) is 0 Å². The average Bonchev–Trinajstić information content (AvgIpc) is 2.61. The molecule has 13 heavy (non-hydrogen) atoms. The molecule has 0 radical (unpaired) electrons. The van der Waals surface area contributed by atoms with Gasteiger partial charge in [0.05, 0.1) is 0 Å². The lowest BCUT2D eigenvalue weighted by atomic mass is 10.6. The Hall–Kier alpha value is -2.12. The molecule has 0 unspecified atom stereocenters. The molecule has 0 saturated carbocycles. The highest BCUT2D eigenvalue weighted by atomic mass is 15.4. The number of hydrogen-bond acceptors (Lipinski definition) is 6. The lowest BCUT2D eigenvalue weighted by molar-refractivity contribution is 0.779. The molecule has 2 aromatic rings. The van der Waals surface area contributed by atoms with Crippen molar-refractivity contribution in [3.63, 3.8) is 0 Å². The lowest BCUT2D eigenvalue weighted by Crippen LogP contribution is -1.97. The summed E-state index contributed by atoms with van der Waals surface area (Å²) in [7, 11) is 1.69. The fourth-order valence-corrected chi connectivity index (χ4v) is 0.872. The van der Waals surface area contributed by atoms with Crippen LogP contribution in [-0.2, 0) is 7.05 Å². The second kappa shape index (κ2) is 2.44. The monoisotopic (exact) mass is 180 g/mol. The SMILES string of the molecule is Cn1nc(-c2nc(N)n[nH]2)nc1N. The van der Waals surface area contributed by atoms with Crippen molar-refractivity contribution < 1.29 is 0 Å². The summed E-state index contributed by atoms with van der Waals surface area (Å²) in [6.45, 7) is 0. The van der Waals surface area contributed by atoms with Gasteiger partial charge in [-0.2, -0.15) is 9.97 Å². The predicted octanol–water partition coefficient (Wildman–Crippen LogP) is -1.24. The van der Waals surface area contributed by atoms with Gasteiger partial charge in [0.25, 0.3) is 0 Å². The Kier molecular flexibility index (Phi) is 1.41. The van der Waals surface area contributed by atoms with Crippen molar-refractivity contribution in [2.45, 2.75) is 0 Å². The summed E-state index contributed by atoms with van der Waals surface area (Å²) >= 11 is 0. The minimum Gasteiger partial charge on any atom is -0.368 e. The van der Waals surface area contributed by atoms with Crippen LogP contribution in [0.15, 0.2) is 0 Å². The Balaban J connectivity index is 2.46. The summed E-state index contributed by atoms with van der Waals surface area (Å²) in [5.41, 5.74) is 10.8. The number of nitrogens with two attached hydrogens (primary N) is 2. The maximum absolute atomic E-state index is 5.48. The van der Waals surface area contributed by atoms with Crippen LogP contribution in [0.5, 0.6) is 0 Å². The first kappa shape index (κ1) is 7.53. The molecule has 68 valence electrons. The van der Waals surface area contributed by atoms with Gasteiger partial charge in [0.1, 0.15) is 0 Å². The van der Waals surface area contributed by atoms with Gasteiger partial charge in [-0.15, -0.1) is 10.2 Å². The number of H-pyrrole nitrogens is 1. The van der Waals surface area contributed by atoms with E-state index in [4.69, 9.17) is 11.5 Å². The molecule has 2 heterocycles. The molecular weight excluding hydrogens is 172 g/mol. The van der Waals surface area contributed by atoms with Gasteiger partial charge >= 0.3 is 0 Å². The van der Waals surface area contributed by atoms with Crippen LogP contribution in [0.2, 0.25) is 0 Å². The zero-order valence-electron chi connectivity index (χ0n) is 6.89. The lowest BCUT2D eigenvalue weighted by Gasteiger charge is -1.85. The largest absolute Gasteiger partial charge is 0.368 e. The van der Waals surface area contributed by atoms with E-state index in [1.807, 2.05) is 0 Å². The molecule has 0 fully saturated rings. The van der Waals surface area contributed by atoms with Crippen LogP contribution in [0.3, 0.4) is 0 Å². The summed E-state index contributed by atoms with van der Waals surface area (Å²) in [6.07, 6.45) is 0. The smallest absolute Gasteiger partial charge is 0.239 e. The fourth-order valence-electron chi connectivity index (χ4n) is 0.872. The Morgan fingerprint density at radius 1 is 1.31 bits per heavy atom. The molecule has 5 N–H and O–H groups in total. The van der Waals surface area contributed by atoms with E-state index in [1.165, 1.54) is 4.68 Å². The zero-order valence-corrected chi connectivity index (χ0v) is 6.89. The van der Waals surface area contributed by atoms with Crippen molar-refractivity contribution in [1.82, 2.24) is 29.9 Å². The Bertz CT molecular complexity index is 406. The van der Waals surface area contributed by atoms with E-state index in [-0.39, 0.29) is 5.95 Å². The van der Waals surface area contributed by atoms with Gasteiger partial charge in [-0.3, -0.25) is 5.10 Å². The second-order valence-electron chi connectivity index (χ2n) is 2.46. The quantitative estimate of drug-likeness (QED) is 0.504. The van der Waals surface area contributed by atoms with Gasteiger partial charge in [-0.25, -0.2) is 4.68 Å². The molecule has 2 aromatic heterocycles. The molecule has 0 aliphatic carbocycles. The number of nitrogens with one attached hydrogen (secondary N) is 1. The van der Waals surface area contributed by atoms with Crippen LogP contribution < -0.4 is 11.5 Å². The highest BCUT2D eigenvalue weighted by Crippen LogP contribution is 2.10. The van der Waals surface area contributed by atoms with Crippen LogP contribution in [0.25, 0.3) is 11.6 Å². The number of hydrogen-bond donors (Lipinski definition) is 3. The minimum atomic E-state index is 0.154. The number of nitrogens with zero attached hydrogens (tertiary/aromatic N) is 5. The molecule has 8 nitrogen and oxygen atoms in total. The van der Waals surface area contributed by atoms with Gasteiger partial charge in [-0.1, -0.05) is 0 Å². The fraction of sp³-hybridized carbons (Fsp3) is 0.200. The summed E-state index contributed by atoms with van der Waals surface area (Å²) in [5.74, 6) is 1.25. The normalized spacial score (nSPS) is 10.5. The van der Waals surface area contributed by atoms with Gasteiger partial charge in [0.15, 0.2) is 5.82 Å². The summed E-state index contributed by atoms with van der Waals surface area (Å²) in [4.78, 5) is 7.79. The average molecular weight is 180 g/mol. The maximum atomic E-state index is 5.48. The van der Waals surface area contributed by atoms with Crippen molar-refractivity contribution in [3.8, 4) is 11.6 Å². The van der Waals surface area contributed by atoms with Crippen LogP contribution >= 0.6 is 0 Å². The predicted molar refractivity (Wildman–Crippen MR) is 45.2 cm³/mol. The van der Waals surface area contributed by atoms with Crippen LogP contribution in [0.1, 0.15) is 0 Å². The zero-order chi connectivity index (χ0) is 9.42. The van der Waals surface area contributed by atoms with Crippen molar-refractivity contribution >= 4 is 11.9 Å². The summed E-state index contributed by atoms with van der Waals surface area (Å²) in [5, 5.41) is 10.2. The van der Waals surface area contributed by atoms with E-state index in [0.29, 0.717) is 17.6 Å². The van der Waals surface area contributed by atoms with Crippen molar-refractivity contribution in [2.75, 3.05) is 11.5 Å². The molecule has 0 aromatic carbocycles. The second-order valence-corrected chi connectivity index (χ2v) is 2.46. The van der Waals surface area contributed by atoms with Crippen LogP contribution in [0.4, 0.5) is 11.9 Å². The summed E-state index contributed by atoms with van der Waals surface area (Å²) < 4.78 is 1.44. The maximum Gasteiger partial charge on any atom is 0.239 e. The third-order valence-corrected chi connectivity index (χ3v) is 1.51. The Labute approximate surface area is 73.0 Å². The standard InChI is InChI=1S/C5H8N8/c1-13-5(7)9-3(12-13)2-8-4(6)11-10-2/h1H3,(H2,7,9,12)(H3,6,8,10,11). The number of aromatic nitrogens is 6. The number of aryl methyl sites for hydroxylation is 1. The third-order valence-electron chi connectivity index (χ3n) is 1.51. The van der Waals surface area contributed by atoms with Crippen LogP contribution in [-0.4, -0.2) is 29.9 Å². The molecule has 0 aliphatic heterocycles. The van der Waals surface area contributed by atoms with Crippen molar-refractivity contribution in [2.24, 2.45) is 7.05 Å². The summed E-state index contributed by atoms with van der Waals surface area (Å²) in [6, 6.07) is 0. The van der Waals surface area contributed by atoms with Gasteiger partial charge in [0, 0.05) is 7.05 Å². The molecule has 8 heteroatoms. The Morgan fingerprint density at radius 2 is 2.08 bits per heavy atom. The number of anilines is 2. The minimum absolute atomic E-state index is 0.154. The van der Waals surface area contributed by atoms with E-state index in [1.54, 1.807) is 7.05 Å². The van der Waals surface area contributed by atoms with Crippen LogP contribution in [0, 0.1) is 0 Å². The number of rotatable bonds is 1. The molecule has 0 amide bonds. The molecule has 0 atom stereocenters. The van der Waals surface area contributed by atoms with E-state index < -0.39 is 0 Å². The van der Waals surface area contributed by atoms with Gasteiger partial charge in [0.2, 0.25) is 17.7 Å². The first-order valence-corrected chi connectivity index (χ1v) is 3.51. The molecular formula is C5H8N8. The molecule has 0 spiro atoms. The molecule has 0 aliphatic rings. The number of aromatic amines is 1. The van der Waals surface area contributed by atoms with Gasteiger partial charge < -0.3 is 11.5 Å². The van der Waals surface area contributed by atoms with Crippen molar-refractivity contribution in [1.29, 1.82) is 0 Å². The molecule has 0 saturated heterocycles. The van der Waals surface area contributed by atoms with E-state index in [0.717, 1.165) is 0 Å². The third kappa shape index (κ3) is 1.17. The first-order valence-electron chi connectivity index (χ1n) is 3.51. The Morgan fingerprint density at radius 3 is 2.54 bits per heavy atom. The van der Waals surface area contributed by atoms with E-state index in [2.05, 4.69) is 25.3 Å².